The summed E-state index contributed by atoms with van der Waals surface area (Å²) in [5, 5.41) is 10.9. The fraction of sp³-hybridized carbons (Fsp3) is 0.286. The van der Waals surface area contributed by atoms with E-state index in [2.05, 4.69) is 0 Å². The van der Waals surface area contributed by atoms with Crippen LogP contribution in [0.25, 0.3) is 0 Å². The minimum Gasteiger partial charge on any atom is -0.507 e. The molecule has 0 saturated carbocycles. The maximum Gasteiger partial charge on any atom is 0.310 e. The molecule has 27 heavy (non-hydrogen) atoms. The van der Waals surface area contributed by atoms with Gasteiger partial charge in [0.2, 0.25) is 0 Å². The fourth-order valence-corrected chi connectivity index (χ4v) is 3.81. The molecular formula is C21H18O6. The molecule has 0 radical (unpaired) electrons. The van der Waals surface area contributed by atoms with Crippen molar-refractivity contribution in [2.24, 2.45) is 0 Å². The van der Waals surface area contributed by atoms with Gasteiger partial charge in [-0.1, -0.05) is 24.3 Å². The lowest BCUT2D eigenvalue weighted by molar-refractivity contribution is -0.139. The molecule has 0 saturated heterocycles. The van der Waals surface area contributed by atoms with Gasteiger partial charge in [-0.3, -0.25) is 14.4 Å². The van der Waals surface area contributed by atoms with E-state index >= 15 is 0 Å². The maximum atomic E-state index is 13.1. The predicted octanol–water partition coefficient (Wildman–Crippen LogP) is 2.60. The van der Waals surface area contributed by atoms with Gasteiger partial charge in [0, 0.05) is 22.3 Å². The van der Waals surface area contributed by atoms with Crippen molar-refractivity contribution in [2.45, 2.75) is 32.3 Å². The highest BCUT2D eigenvalue weighted by Gasteiger charge is 2.39. The van der Waals surface area contributed by atoms with E-state index in [0.717, 1.165) is 0 Å². The van der Waals surface area contributed by atoms with Gasteiger partial charge in [0.05, 0.1) is 30.8 Å². The molecule has 6 nitrogen and oxygen atoms in total. The van der Waals surface area contributed by atoms with E-state index in [0.29, 0.717) is 35.3 Å². The van der Waals surface area contributed by atoms with Gasteiger partial charge >= 0.3 is 5.97 Å². The van der Waals surface area contributed by atoms with Crippen molar-refractivity contribution in [3.63, 3.8) is 0 Å². The molecule has 138 valence electrons. The molecule has 0 amide bonds. The Balaban J connectivity index is 2.03. The van der Waals surface area contributed by atoms with E-state index in [1.54, 1.807) is 24.3 Å². The van der Waals surface area contributed by atoms with Crippen LogP contribution in [0.5, 0.6) is 11.5 Å². The van der Waals surface area contributed by atoms with Crippen LogP contribution in [0.1, 0.15) is 56.3 Å². The number of phenolic OH excluding ortho intramolecular Hbond substituents is 1. The first-order valence-corrected chi connectivity index (χ1v) is 8.76. The number of carbonyl (C=O) groups is 3. The summed E-state index contributed by atoms with van der Waals surface area (Å²) >= 11 is 0. The zero-order valence-corrected chi connectivity index (χ0v) is 15.0. The molecule has 0 aromatic heterocycles. The maximum absolute atomic E-state index is 13.1. The number of methoxy groups -OCH3 is 1. The van der Waals surface area contributed by atoms with Gasteiger partial charge in [-0.15, -0.1) is 0 Å². The molecule has 4 rings (SSSR count). The van der Waals surface area contributed by atoms with Crippen molar-refractivity contribution in [3.8, 4) is 11.5 Å². The Kier molecular flexibility index (Phi) is 3.98. The average Bonchev–Trinajstić information content (AvgIpc) is 2.67. The third kappa shape index (κ3) is 2.51. The highest BCUT2D eigenvalue weighted by atomic mass is 16.5. The Bertz CT molecular complexity index is 1000. The van der Waals surface area contributed by atoms with Gasteiger partial charge in [0.15, 0.2) is 11.6 Å². The minimum absolute atomic E-state index is 0.0892. The van der Waals surface area contributed by atoms with Crippen LogP contribution < -0.4 is 4.74 Å². The zero-order valence-electron chi connectivity index (χ0n) is 15.0. The number of benzene rings is 2. The van der Waals surface area contributed by atoms with Crippen molar-refractivity contribution in [2.75, 3.05) is 7.11 Å². The number of fused-ring (bicyclic) bond motifs is 4. The van der Waals surface area contributed by atoms with E-state index in [1.165, 1.54) is 7.11 Å². The first-order chi connectivity index (χ1) is 12.9. The summed E-state index contributed by atoms with van der Waals surface area (Å²) in [5.74, 6) is -1.38. The number of ketones is 2. The fourth-order valence-electron chi connectivity index (χ4n) is 3.81. The monoisotopic (exact) mass is 366 g/mol. The minimum atomic E-state index is -0.541. The average molecular weight is 366 g/mol. The highest BCUT2D eigenvalue weighted by molar-refractivity contribution is 6.30. The summed E-state index contributed by atoms with van der Waals surface area (Å²) < 4.78 is 10.7. The van der Waals surface area contributed by atoms with Crippen LogP contribution in [0.15, 0.2) is 24.3 Å². The van der Waals surface area contributed by atoms with Crippen LogP contribution in [0, 0.1) is 0 Å². The molecule has 1 N–H and O–H groups in total. The molecule has 1 atom stereocenters. The van der Waals surface area contributed by atoms with Crippen molar-refractivity contribution in [3.05, 3.63) is 57.6 Å². The number of rotatable bonds is 2. The first-order valence-electron chi connectivity index (χ1n) is 8.76. The SMILES string of the molecule is COC(=O)Cc1c(O)c2c(c3c1CCC(C)O3)C(=O)c1ccccc1C2=O. The van der Waals surface area contributed by atoms with Crippen LogP contribution in [-0.4, -0.2) is 35.9 Å². The third-order valence-corrected chi connectivity index (χ3v) is 5.18. The smallest absolute Gasteiger partial charge is 0.310 e. The van der Waals surface area contributed by atoms with E-state index in [9.17, 15) is 19.5 Å². The molecule has 2 aromatic carbocycles. The number of hydrogen-bond donors (Lipinski definition) is 1. The Morgan fingerprint density at radius 3 is 2.44 bits per heavy atom. The lowest BCUT2D eigenvalue weighted by Crippen LogP contribution is -2.28. The summed E-state index contributed by atoms with van der Waals surface area (Å²) in [4.78, 5) is 38.1. The van der Waals surface area contributed by atoms with Crippen LogP contribution >= 0.6 is 0 Å². The largest absolute Gasteiger partial charge is 0.507 e. The van der Waals surface area contributed by atoms with Gasteiger partial charge in [-0.05, 0) is 19.8 Å². The highest BCUT2D eigenvalue weighted by Crippen LogP contribution is 2.46. The van der Waals surface area contributed by atoms with Gasteiger partial charge in [-0.2, -0.15) is 0 Å². The summed E-state index contributed by atoms with van der Waals surface area (Å²) in [7, 11) is 1.26. The standard InChI is InChI=1S/C21H18O6/c1-10-7-8-13-14(9-15(22)26-2)20(25)16-17(21(13)27-10)19(24)12-6-4-3-5-11(12)18(16)23/h3-6,10,25H,7-9H2,1-2H3. The van der Waals surface area contributed by atoms with Gasteiger partial charge < -0.3 is 14.6 Å². The molecule has 0 fully saturated rings. The van der Waals surface area contributed by atoms with Crippen molar-refractivity contribution >= 4 is 17.5 Å². The number of aromatic hydroxyl groups is 1. The quantitative estimate of drug-likeness (QED) is 0.701. The lowest BCUT2D eigenvalue weighted by atomic mass is 9.79. The molecule has 1 heterocycles. The van der Waals surface area contributed by atoms with E-state index in [-0.39, 0.29) is 40.7 Å². The number of esters is 1. The van der Waals surface area contributed by atoms with Crippen LogP contribution in [0.2, 0.25) is 0 Å². The number of carbonyl (C=O) groups excluding carboxylic acids is 3. The molecule has 1 aliphatic heterocycles. The second-order valence-electron chi connectivity index (χ2n) is 6.81. The zero-order chi connectivity index (χ0) is 19.3. The molecule has 1 aliphatic carbocycles. The predicted molar refractivity (Wildman–Crippen MR) is 95.5 cm³/mol. The Labute approximate surface area is 155 Å². The second kappa shape index (κ2) is 6.23. The Hall–Kier alpha value is -3.15. The Morgan fingerprint density at radius 1 is 1.19 bits per heavy atom. The molecule has 2 aliphatic rings. The third-order valence-electron chi connectivity index (χ3n) is 5.18. The van der Waals surface area contributed by atoms with Crippen molar-refractivity contribution in [1.29, 1.82) is 0 Å². The van der Waals surface area contributed by atoms with E-state index < -0.39 is 11.8 Å². The van der Waals surface area contributed by atoms with Crippen LogP contribution in [0.3, 0.4) is 0 Å². The summed E-state index contributed by atoms with van der Waals surface area (Å²) in [5.41, 5.74) is 1.41. The van der Waals surface area contributed by atoms with Gasteiger partial charge in [0.25, 0.3) is 0 Å². The molecule has 0 bridgehead atoms. The second-order valence-corrected chi connectivity index (χ2v) is 6.81. The molecular weight excluding hydrogens is 348 g/mol. The van der Waals surface area contributed by atoms with Crippen LogP contribution in [-0.2, 0) is 22.4 Å². The van der Waals surface area contributed by atoms with Crippen molar-refractivity contribution < 1.29 is 29.0 Å². The number of phenols is 1. The van der Waals surface area contributed by atoms with Crippen molar-refractivity contribution in [1.82, 2.24) is 0 Å². The lowest BCUT2D eigenvalue weighted by Gasteiger charge is -2.31. The van der Waals surface area contributed by atoms with Gasteiger partial charge in [-0.25, -0.2) is 0 Å². The van der Waals surface area contributed by atoms with Gasteiger partial charge in [0.1, 0.15) is 11.5 Å². The van der Waals surface area contributed by atoms with E-state index in [4.69, 9.17) is 9.47 Å². The topological polar surface area (TPSA) is 89.9 Å². The molecule has 0 spiro atoms. The molecule has 2 aromatic rings. The molecule has 1 unspecified atom stereocenters. The summed E-state index contributed by atoms with van der Waals surface area (Å²) in [6.45, 7) is 1.88. The van der Waals surface area contributed by atoms with Crippen LogP contribution in [0.4, 0.5) is 0 Å². The van der Waals surface area contributed by atoms with E-state index in [1.807, 2.05) is 6.92 Å². The number of hydrogen-bond acceptors (Lipinski definition) is 6. The number of ether oxygens (including phenoxy) is 2. The summed E-state index contributed by atoms with van der Waals surface area (Å²) in [6.07, 6.45) is 0.876. The Morgan fingerprint density at radius 2 is 1.81 bits per heavy atom. The normalized spacial score (nSPS) is 17.5. The molecule has 6 heteroatoms. The first kappa shape index (κ1) is 17.3. The summed E-state index contributed by atoms with van der Waals surface area (Å²) in [6, 6.07) is 6.51.